The maximum absolute atomic E-state index is 11.8. The lowest BCUT2D eigenvalue weighted by Crippen LogP contribution is -2.43. The second kappa shape index (κ2) is 7.00. The van der Waals surface area contributed by atoms with Crippen LogP contribution < -0.4 is 10.6 Å². The molecule has 1 saturated heterocycles. The van der Waals surface area contributed by atoms with E-state index in [0.29, 0.717) is 12.0 Å². The summed E-state index contributed by atoms with van der Waals surface area (Å²) < 4.78 is 0. The minimum atomic E-state index is 0.268. The summed E-state index contributed by atoms with van der Waals surface area (Å²) in [5, 5.41) is 6.56. The monoisotopic (exact) mass is 238 g/mol. The van der Waals surface area contributed by atoms with Crippen LogP contribution in [-0.2, 0) is 4.79 Å². The third kappa shape index (κ3) is 4.66. The Balaban J connectivity index is 1.59. The summed E-state index contributed by atoms with van der Waals surface area (Å²) in [6.45, 7) is 1.94. The van der Waals surface area contributed by atoms with Crippen LogP contribution in [0.15, 0.2) is 0 Å². The summed E-state index contributed by atoms with van der Waals surface area (Å²) in [5.41, 5.74) is 0. The molecule has 2 N–H and O–H groups in total. The molecule has 0 bridgehead atoms. The van der Waals surface area contributed by atoms with Crippen LogP contribution in [0.2, 0.25) is 0 Å². The molecule has 0 aromatic heterocycles. The van der Waals surface area contributed by atoms with Crippen molar-refractivity contribution in [1.29, 1.82) is 0 Å². The van der Waals surface area contributed by atoms with Crippen molar-refractivity contribution < 1.29 is 4.79 Å². The molecule has 0 radical (unpaired) electrons. The molecule has 1 aliphatic carbocycles. The predicted molar refractivity (Wildman–Crippen MR) is 69.8 cm³/mol. The number of hydrogen-bond acceptors (Lipinski definition) is 2. The molecule has 2 aliphatic rings. The highest BCUT2D eigenvalue weighted by Gasteiger charge is 2.18. The Morgan fingerprint density at radius 1 is 1.06 bits per heavy atom. The quantitative estimate of drug-likeness (QED) is 0.788. The predicted octanol–water partition coefficient (Wildman–Crippen LogP) is 2.22. The van der Waals surface area contributed by atoms with Gasteiger partial charge in [0.15, 0.2) is 0 Å². The Hall–Kier alpha value is -0.570. The van der Waals surface area contributed by atoms with E-state index < -0.39 is 0 Å². The van der Waals surface area contributed by atoms with Gasteiger partial charge >= 0.3 is 0 Å². The Labute approximate surface area is 105 Å². The SMILES string of the molecule is O=C(CC1CCCCC1)NCC1CCCCN1. The smallest absolute Gasteiger partial charge is 0.220 e. The molecule has 1 saturated carbocycles. The van der Waals surface area contributed by atoms with Crippen LogP contribution in [0.3, 0.4) is 0 Å². The Bertz CT molecular complexity index is 230. The van der Waals surface area contributed by atoms with Gasteiger partial charge < -0.3 is 10.6 Å². The summed E-state index contributed by atoms with van der Waals surface area (Å²) in [6.07, 6.45) is 11.1. The third-order valence-corrected chi connectivity index (χ3v) is 4.16. The van der Waals surface area contributed by atoms with E-state index in [4.69, 9.17) is 0 Å². The van der Waals surface area contributed by atoms with Crippen molar-refractivity contribution in [1.82, 2.24) is 10.6 Å². The second-order valence-electron chi connectivity index (χ2n) is 5.66. The van der Waals surface area contributed by atoms with E-state index in [1.165, 1.54) is 51.4 Å². The lowest BCUT2D eigenvalue weighted by molar-refractivity contribution is -0.122. The number of carbonyl (C=O) groups excluding carboxylic acids is 1. The molecule has 17 heavy (non-hydrogen) atoms. The van der Waals surface area contributed by atoms with Gasteiger partial charge in [-0.2, -0.15) is 0 Å². The Morgan fingerprint density at radius 2 is 1.82 bits per heavy atom. The Morgan fingerprint density at radius 3 is 2.53 bits per heavy atom. The normalized spacial score (nSPS) is 26.7. The van der Waals surface area contributed by atoms with Gasteiger partial charge in [0.1, 0.15) is 0 Å². The zero-order valence-corrected chi connectivity index (χ0v) is 10.8. The Kier molecular flexibility index (Phi) is 5.30. The lowest BCUT2D eigenvalue weighted by atomic mass is 9.87. The van der Waals surface area contributed by atoms with Gasteiger partial charge in [-0.3, -0.25) is 4.79 Å². The minimum absolute atomic E-state index is 0.268. The topological polar surface area (TPSA) is 41.1 Å². The molecule has 0 spiro atoms. The molecule has 3 heteroatoms. The fraction of sp³-hybridized carbons (Fsp3) is 0.929. The maximum Gasteiger partial charge on any atom is 0.220 e. The van der Waals surface area contributed by atoms with Gasteiger partial charge in [-0.1, -0.05) is 25.7 Å². The van der Waals surface area contributed by atoms with Crippen LogP contribution in [0.4, 0.5) is 0 Å². The van der Waals surface area contributed by atoms with Crippen molar-refractivity contribution in [2.24, 2.45) is 5.92 Å². The number of hydrogen-bond donors (Lipinski definition) is 2. The molecular formula is C14H26N2O. The van der Waals surface area contributed by atoms with Crippen molar-refractivity contribution in [2.45, 2.75) is 63.8 Å². The van der Waals surface area contributed by atoms with E-state index >= 15 is 0 Å². The maximum atomic E-state index is 11.8. The summed E-state index contributed by atoms with van der Waals surface area (Å²) >= 11 is 0. The first-order chi connectivity index (χ1) is 8.34. The summed E-state index contributed by atoms with van der Waals surface area (Å²) in [5.74, 6) is 0.923. The zero-order valence-electron chi connectivity index (χ0n) is 10.8. The van der Waals surface area contributed by atoms with Crippen molar-refractivity contribution in [3.8, 4) is 0 Å². The molecular weight excluding hydrogens is 212 g/mol. The number of amides is 1. The molecule has 2 fully saturated rings. The number of piperidine rings is 1. The van der Waals surface area contributed by atoms with Crippen LogP contribution in [0.25, 0.3) is 0 Å². The first kappa shape index (κ1) is 12.9. The average Bonchev–Trinajstić information content (AvgIpc) is 2.39. The highest BCUT2D eigenvalue weighted by molar-refractivity contribution is 5.76. The van der Waals surface area contributed by atoms with Gasteiger partial charge in [0, 0.05) is 19.0 Å². The number of carbonyl (C=O) groups is 1. The van der Waals surface area contributed by atoms with E-state index in [9.17, 15) is 4.79 Å². The molecule has 1 unspecified atom stereocenters. The molecule has 98 valence electrons. The third-order valence-electron chi connectivity index (χ3n) is 4.16. The van der Waals surface area contributed by atoms with E-state index in [1.54, 1.807) is 0 Å². The van der Waals surface area contributed by atoms with Crippen molar-refractivity contribution in [2.75, 3.05) is 13.1 Å². The van der Waals surface area contributed by atoms with Gasteiger partial charge in [-0.15, -0.1) is 0 Å². The zero-order chi connectivity index (χ0) is 11.9. The highest BCUT2D eigenvalue weighted by atomic mass is 16.1. The molecule has 2 rings (SSSR count). The van der Waals surface area contributed by atoms with E-state index in [0.717, 1.165) is 19.5 Å². The standard InChI is InChI=1S/C14H26N2O/c17-14(10-12-6-2-1-3-7-12)16-11-13-8-4-5-9-15-13/h12-13,15H,1-11H2,(H,16,17). The van der Waals surface area contributed by atoms with Gasteiger partial charge in [-0.05, 0) is 38.1 Å². The second-order valence-corrected chi connectivity index (χ2v) is 5.66. The number of rotatable bonds is 4. The molecule has 0 aromatic rings. The van der Waals surface area contributed by atoms with E-state index in [-0.39, 0.29) is 5.91 Å². The van der Waals surface area contributed by atoms with Gasteiger partial charge in [0.2, 0.25) is 5.91 Å². The lowest BCUT2D eigenvalue weighted by Gasteiger charge is -2.25. The molecule has 1 aliphatic heterocycles. The average molecular weight is 238 g/mol. The number of nitrogens with one attached hydrogen (secondary N) is 2. The molecule has 1 atom stereocenters. The van der Waals surface area contributed by atoms with Crippen LogP contribution in [-0.4, -0.2) is 25.0 Å². The van der Waals surface area contributed by atoms with Gasteiger partial charge in [-0.25, -0.2) is 0 Å². The van der Waals surface area contributed by atoms with Crippen LogP contribution in [0.5, 0.6) is 0 Å². The van der Waals surface area contributed by atoms with Crippen LogP contribution in [0, 0.1) is 5.92 Å². The fourth-order valence-electron chi connectivity index (χ4n) is 3.06. The summed E-state index contributed by atoms with van der Waals surface area (Å²) in [4.78, 5) is 11.8. The van der Waals surface area contributed by atoms with Gasteiger partial charge in [0.25, 0.3) is 0 Å². The van der Waals surface area contributed by atoms with Crippen LogP contribution in [0.1, 0.15) is 57.8 Å². The van der Waals surface area contributed by atoms with Crippen molar-refractivity contribution >= 4 is 5.91 Å². The molecule has 0 aromatic carbocycles. The first-order valence-corrected chi connectivity index (χ1v) is 7.34. The molecule has 3 nitrogen and oxygen atoms in total. The van der Waals surface area contributed by atoms with Gasteiger partial charge in [0.05, 0.1) is 0 Å². The minimum Gasteiger partial charge on any atom is -0.355 e. The van der Waals surface area contributed by atoms with E-state index in [2.05, 4.69) is 10.6 Å². The van der Waals surface area contributed by atoms with Crippen molar-refractivity contribution in [3.63, 3.8) is 0 Å². The van der Waals surface area contributed by atoms with Crippen molar-refractivity contribution in [3.05, 3.63) is 0 Å². The molecule has 1 heterocycles. The van der Waals surface area contributed by atoms with Crippen LogP contribution >= 0.6 is 0 Å². The largest absolute Gasteiger partial charge is 0.355 e. The highest BCUT2D eigenvalue weighted by Crippen LogP contribution is 2.26. The summed E-state index contributed by atoms with van der Waals surface area (Å²) in [7, 11) is 0. The van der Waals surface area contributed by atoms with E-state index in [1.807, 2.05) is 0 Å². The molecule has 1 amide bonds. The first-order valence-electron chi connectivity index (χ1n) is 7.34. The fourth-order valence-corrected chi connectivity index (χ4v) is 3.06. The summed E-state index contributed by atoms with van der Waals surface area (Å²) in [6, 6.07) is 0.513.